The van der Waals surface area contributed by atoms with Crippen molar-refractivity contribution in [2.45, 2.75) is 113 Å². The minimum absolute atomic E-state index is 0.262. The molecular formula is C58H70N6. The van der Waals surface area contributed by atoms with E-state index in [-0.39, 0.29) is 12.3 Å². The minimum atomic E-state index is 0.262. The third-order valence-electron chi connectivity index (χ3n) is 13.3. The lowest BCUT2D eigenvalue weighted by molar-refractivity contribution is 0.727. The van der Waals surface area contributed by atoms with Crippen molar-refractivity contribution in [3.8, 4) is 0 Å². The highest BCUT2D eigenvalue weighted by molar-refractivity contribution is 5.84. The first-order valence-corrected chi connectivity index (χ1v) is 23.2. The molecule has 3 aliphatic heterocycles. The molecule has 0 fully saturated rings. The number of para-hydroxylation sites is 7. The summed E-state index contributed by atoms with van der Waals surface area (Å²) in [4.78, 5) is 14.2. The molecule has 0 N–H and O–H groups in total. The largest absolute Gasteiger partial charge is 0.353 e. The Morgan fingerprint density at radius 1 is 0.344 bits per heavy atom. The zero-order chi connectivity index (χ0) is 45.8. The van der Waals surface area contributed by atoms with Gasteiger partial charge in [-0.2, -0.15) is 0 Å². The number of rotatable bonds is 7. The van der Waals surface area contributed by atoms with Gasteiger partial charge in [0, 0.05) is 60.3 Å². The van der Waals surface area contributed by atoms with E-state index in [1.165, 1.54) is 78.8 Å². The van der Waals surface area contributed by atoms with Gasteiger partial charge in [0.15, 0.2) is 0 Å². The van der Waals surface area contributed by atoms with Crippen LogP contribution in [0.1, 0.15) is 99.2 Å². The molecule has 0 aromatic heterocycles. The van der Waals surface area contributed by atoms with Gasteiger partial charge < -0.3 is 29.4 Å². The lowest BCUT2D eigenvalue weighted by Crippen LogP contribution is -2.37. The van der Waals surface area contributed by atoms with Crippen molar-refractivity contribution in [1.82, 2.24) is 0 Å². The summed E-state index contributed by atoms with van der Waals surface area (Å²) in [7, 11) is 2.15. The van der Waals surface area contributed by atoms with Crippen LogP contribution in [0.3, 0.4) is 0 Å². The number of aryl methyl sites for hydroxylation is 5. The molecule has 0 saturated heterocycles. The quantitative estimate of drug-likeness (QED) is 0.158. The molecule has 3 aliphatic rings. The van der Waals surface area contributed by atoms with Crippen LogP contribution in [0.2, 0.25) is 0 Å². The van der Waals surface area contributed by atoms with E-state index in [4.69, 9.17) is 0 Å². The monoisotopic (exact) mass is 851 g/mol. The maximum Gasteiger partial charge on any atom is 0.107 e. The van der Waals surface area contributed by atoms with Crippen LogP contribution in [0.25, 0.3) is 0 Å². The summed E-state index contributed by atoms with van der Waals surface area (Å²) in [5.41, 5.74) is 18.5. The molecule has 9 rings (SSSR count). The first-order chi connectivity index (χ1) is 30.7. The molecule has 6 heteroatoms. The first-order valence-electron chi connectivity index (χ1n) is 23.2. The van der Waals surface area contributed by atoms with Crippen LogP contribution in [-0.4, -0.2) is 25.5 Å². The minimum Gasteiger partial charge on any atom is -0.353 e. The summed E-state index contributed by atoms with van der Waals surface area (Å²) in [5, 5.41) is 0. The molecule has 6 nitrogen and oxygen atoms in total. The van der Waals surface area contributed by atoms with Crippen LogP contribution in [0.5, 0.6) is 0 Å². The summed E-state index contributed by atoms with van der Waals surface area (Å²) < 4.78 is 0. The van der Waals surface area contributed by atoms with E-state index in [0.717, 1.165) is 0 Å². The number of anilines is 7. The average molecular weight is 851 g/mol. The van der Waals surface area contributed by atoms with Crippen molar-refractivity contribution in [2.24, 2.45) is 0 Å². The molecule has 0 radical (unpaired) electrons. The van der Waals surface area contributed by atoms with Crippen LogP contribution in [0.4, 0.5) is 39.8 Å². The van der Waals surface area contributed by atoms with Crippen LogP contribution in [0, 0.1) is 34.6 Å². The molecule has 6 aromatic rings. The predicted octanol–water partition coefficient (Wildman–Crippen LogP) is 15.1. The lowest BCUT2D eigenvalue weighted by Gasteiger charge is -2.34. The number of hydrogen-bond donors (Lipinski definition) is 0. The first kappa shape index (κ1) is 45.6. The van der Waals surface area contributed by atoms with Crippen LogP contribution >= 0.6 is 0 Å². The molecule has 0 amide bonds. The highest BCUT2D eigenvalue weighted by atomic mass is 15.4. The molecule has 0 spiro atoms. The van der Waals surface area contributed by atoms with Gasteiger partial charge in [-0.05, 0) is 137 Å². The maximum absolute atomic E-state index is 2.44. The lowest BCUT2D eigenvalue weighted by atomic mass is 9.92. The third kappa shape index (κ3) is 9.01. The van der Waals surface area contributed by atoms with Gasteiger partial charge in [0.25, 0.3) is 0 Å². The summed E-state index contributed by atoms with van der Waals surface area (Å²) in [5.74, 6) is 1.00. The Hall–Kier alpha value is -6.40. The van der Waals surface area contributed by atoms with E-state index in [9.17, 15) is 0 Å². The van der Waals surface area contributed by atoms with E-state index in [0.29, 0.717) is 18.0 Å². The summed E-state index contributed by atoms with van der Waals surface area (Å²) in [6.45, 7) is 26.8. The topological polar surface area (TPSA) is 19.4 Å². The molecule has 0 unspecified atom stereocenters. The zero-order valence-electron chi connectivity index (χ0n) is 40.6. The number of hydrogen-bond acceptors (Lipinski definition) is 6. The van der Waals surface area contributed by atoms with E-state index in [1.54, 1.807) is 0 Å². The van der Waals surface area contributed by atoms with Crippen molar-refractivity contribution in [2.75, 3.05) is 36.4 Å². The van der Waals surface area contributed by atoms with E-state index < -0.39 is 0 Å². The van der Waals surface area contributed by atoms with Gasteiger partial charge in [-0.1, -0.05) is 131 Å². The van der Waals surface area contributed by atoms with Gasteiger partial charge in [-0.3, -0.25) is 0 Å². The number of benzene rings is 6. The van der Waals surface area contributed by atoms with Gasteiger partial charge in [0.1, 0.15) is 18.5 Å². The van der Waals surface area contributed by atoms with Gasteiger partial charge in [0.2, 0.25) is 0 Å². The van der Waals surface area contributed by atoms with Gasteiger partial charge in [0.05, 0.1) is 11.4 Å². The van der Waals surface area contributed by atoms with Crippen LogP contribution < -0.4 is 29.4 Å². The van der Waals surface area contributed by atoms with Crippen molar-refractivity contribution >= 4 is 39.8 Å². The fourth-order valence-electron chi connectivity index (χ4n) is 9.58. The Kier molecular flexibility index (Phi) is 13.9. The molecule has 3 heterocycles. The van der Waals surface area contributed by atoms with Crippen LogP contribution in [-0.2, 0) is 0 Å². The molecule has 6 aromatic carbocycles. The molecule has 64 heavy (non-hydrogen) atoms. The second-order valence-electron chi connectivity index (χ2n) is 18.3. The number of nitrogens with zero attached hydrogens (tertiary/aromatic N) is 6. The molecule has 332 valence electrons. The van der Waals surface area contributed by atoms with Crippen molar-refractivity contribution in [3.63, 3.8) is 0 Å². The molecule has 0 aliphatic carbocycles. The van der Waals surface area contributed by atoms with E-state index in [1.807, 2.05) is 0 Å². The molecule has 3 atom stereocenters. The fraction of sp³-hybridized carbons (Fsp3) is 0.310. The summed E-state index contributed by atoms with van der Waals surface area (Å²) >= 11 is 0. The second-order valence-corrected chi connectivity index (χ2v) is 18.3. The average Bonchev–Trinajstić information content (AvgIpc) is 3.93. The smallest absolute Gasteiger partial charge is 0.107 e. The molecular weight excluding hydrogens is 781 g/mol. The Morgan fingerprint density at radius 2 is 0.688 bits per heavy atom. The highest BCUT2D eigenvalue weighted by Gasteiger charge is 2.32. The van der Waals surface area contributed by atoms with E-state index >= 15 is 0 Å². The second kappa shape index (κ2) is 19.6. The summed E-state index contributed by atoms with van der Waals surface area (Å²) in [6.07, 6.45) is 9.72. The molecule has 0 bridgehead atoms. The predicted molar refractivity (Wildman–Crippen MR) is 278 cm³/mol. The standard InChI is InChI=1S/C23H30N2.C19H22N2.C16H18N2/c1-16(2)20-11-9-12-21(17(3)4)23(20)25-15-14-24(19(25)6)22-13-8-7-10-18(22)5;1-14-8-5-6-11-18(14)20-12-13-21(17(20)4)19-15(2)9-7-10-16(19)3;1-12-8-4-5-9-14(12)18-13(2)17(3)15-10-6-7-11-16(15)18/h7-17,19H,1-6H3;5-13,17H,1-4H3;4-11,13H,1-3H3/t19-;17-;13-/m001/s1. The Morgan fingerprint density at radius 3 is 1.12 bits per heavy atom. The maximum atomic E-state index is 2.44. The fourth-order valence-corrected chi connectivity index (χ4v) is 9.58. The molecule has 0 saturated carbocycles. The van der Waals surface area contributed by atoms with Gasteiger partial charge in [-0.15, -0.1) is 0 Å². The third-order valence-corrected chi connectivity index (χ3v) is 13.3. The highest BCUT2D eigenvalue weighted by Crippen LogP contribution is 2.44. The summed E-state index contributed by atoms with van der Waals surface area (Å²) in [6, 6.07) is 47.6. The van der Waals surface area contributed by atoms with E-state index in [2.05, 4.69) is 278 Å². The Labute approximate surface area is 385 Å². The normalized spacial score (nSPS) is 17.6. The zero-order valence-corrected chi connectivity index (χ0v) is 40.6. The van der Waals surface area contributed by atoms with Crippen molar-refractivity contribution < 1.29 is 0 Å². The Balaban J connectivity index is 0.000000145. The SMILES string of the molecule is Cc1ccccc1N1C=CN(c2c(C(C)C)cccc2C(C)C)[C@H]1C.Cc1ccccc1N1C=CN(c2c(C)cccc2C)[C@H]1C.Cc1ccccc1N1c2ccccc2N(C)[C@H]1C. The van der Waals surface area contributed by atoms with Gasteiger partial charge >= 0.3 is 0 Å². The van der Waals surface area contributed by atoms with Gasteiger partial charge in [-0.25, -0.2) is 0 Å². The Bertz CT molecular complexity index is 2560. The van der Waals surface area contributed by atoms with Crippen molar-refractivity contribution in [1.29, 1.82) is 0 Å². The van der Waals surface area contributed by atoms with Crippen molar-refractivity contribution in [3.05, 3.63) is 197 Å². The van der Waals surface area contributed by atoms with Crippen LogP contribution in [0.15, 0.2) is 158 Å². The number of fused-ring (bicyclic) bond motifs is 1.